The summed E-state index contributed by atoms with van der Waals surface area (Å²) in [5.74, 6) is 0.634. The number of benzene rings is 2. The van der Waals surface area contributed by atoms with Gasteiger partial charge in [-0.2, -0.15) is 0 Å². The van der Waals surface area contributed by atoms with Crippen molar-refractivity contribution in [3.63, 3.8) is 0 Å². The molecule has 0 fully saturated rings. The lowest BCUT2D eigenvalue weighted by Gasteiger charge is -2.47. The second-order valence-corrected chi connectivity index (χ2v) is 8.55. The van der Waals surface area contributed by atoms with Crippen LogP contribution in [0.15, 0.2) is 48.5 Å². The van der Waals surface area contributed by atoms with Gasteiger partial charge in [0, 0.05) is 17.9 Å². The minimum absolute atomic E-state index is 0. The Balaban J connectivity index is 0.00000392. The van der Waals surface area contributed by atoms with Gasteiger partial charge in [0.1, 0.15) is 5.75 Å². The number of hydrogen-bond acceptors (Lipinski definition) is 1. The predicted octanol–water partition coefficient (Wildman–Crippen LogP) is 3.27. The number of quaternary nitrogens is 1. The average molecular weight is 495 g/mol. The van der Waals surface area contributed by atoms with Crippen LogP contribution in [0.25, 0.3) is 0 Å². The molecular weight excluding hydrogens is 457 g/mol. The first kappa shape index (κ1) is 25.0. The number of nitrogens with zero attached hydrogens (tertiary/aromatic N) is 1. The third kappa shape index (κ3) is 5.73. The van der Waals surface area contributed by atoms with E-state index in [9.17, 15) is 5.11 Å². The van der Waals surface area contributed by atoms with Crippen molar-refractivity contribution in [1.29, 1.82) is 0 Å². The second kappa shape index (κ2) is 11.2. The third-order valence-electron chi connectivity index (χ3n) is 6.29. The van der Waals surface area contributed by atoms with Crippen molar-refractivity contribution in [2.24, 2.45) is 0 Å². The van der Waals surface area contributed by atoms with E-state index in [1.807, 2.05) is 12.1 Å². The Morgan fingerprint density at radius 1 is 0.893 bits per heavy atom. The number of phenols is 1. The Labute approximate surface area is 189 Å². The molecule has 0 spiro atoms. The molecule has 1 N–H and O–H groups in total. The summed E-state index contributed by atoms with van der Waals surface area (Å²) < 4.78 is 1.13. The number of aryl methyl sites for hydroxylation is 1. The van der Waals surface area contributed by atoms with E-state index in [2.05, 4.69) is 77.9 Å². The number of phenolic OH excluding ortho intramolecular Hbond substituents is 1. The van der Waals surface area contributed by atoms with Crippen molar-refractivity contribution in [2.45, 2.75) is 72.4 Å². The Bertz CT molecular complexity index is 704. The standard InChI is InChI=1S/C25H37NO.HI/c1-7-16-26(19(2)3,20(4)5)17-15-23(22-11-9-8-10-12-22)24-18-21(6)13-14-25(24)27;/h8-14,18-20,23H,7,15-17H2,1-6H3;1H/t23-;/m1./s1. The molecule has 0 radical (unpaired) electrons. The highest BCUT2D eigenvalue weighted by Crippen LogP contribution is 2.36. The third-order valence-corrected chi connectivity index (χ3v) is 6.29. The Kier molecular flexibility index (Phi) is 9.99. The van der Waals surface area contributed by atoms with Gasteiger partial charge in [0.15, 0.2) is 0 Å². The van der Waals surface area contributed by atoms with Gasteiger partial charge in [0.05, 0.1) is 25.2 Å². The van der Waals surface area contributed by atoms with E-state index in [0.717, 1.165) is 23.0 Å². The molecule has 0 unspecified atom stereocenters. The predicted molar refractivity (Wildman–Crippen MR) is 116 cm³/mol. The molecule has 0 aromatic heterocycles. The molecule has 156 valence electrons. The second-order valence-electron chi connectivity index (χ2n) is 8.55. The van der Waals surface area contributed by atoms with Crippen molar-refractivity contribution in [1.82, 2.24) is 0 Å². The minimum Gasteiger partial charge on any atom is -1.00 e. The molecule has 1 atom stereocenters. The van der Waals surface area contributed by atoms with Gasteiger partial charge in [-0.1, -0.05) is 55.0 Å². The number of halogens is 1. The molecule has 0 aliphatic rings. The lowest BCUT2D eigenvalue weighted by Crippen LogP contribution is -3.00. The molecule has 0 heterocycles. The number of rotatable bonds is 9. The monoisotopic (exact) mass is 495 g/mol. The highest BCUT2D eigenvalue weighted by molar-refractivity contribution is 5.43. The maximum atomic E-state index is 10.6. The summed E-state index contributed by atoms with van der Waals surface area (Å²) >= 11 is 0. The van der Waals surface area contributed by atoms with Gasteiger partial charge in [0.2, 0.25) is 0 Å². The molecule has 2 aromatic rings. The van der Waals surface area contributed by atoms with Crippen molar-refractivity contribution in [3.05, 3.63) is 65.2 Å². The van der Waals surface area contributed by atoms with Crippen LogP contribution in [0.5, 0.6) is 5.75 Å². The van der Waals surface area contributed by atoms with Crippen LogP contribution in [0.2, 0.25) is 0 Å². The fourth-order valence-electron chi connectivity index (χ4n) is 4.67. The van der Waals surface area contributed by atoms with E-state index in [1.54, 1.807) is 0 Å². The maximum absolute atomic E-state index is 10.6. The highest BCUT2D eigenvalue weighted by atomic mass is 127. The van der Waals surface area contributed by atoms with Crippen LogP contribution in [-0.4, -0.2) is 34.8 Å². The smallest absolute Gasteiger partial charge is 0.119 e. The van der Waals surface area contributed by atoms with Crippen molar-refractivity contribution in [3.8, 4) is 5.75 Å². The summed E-state index contributed by atoms with van der Waals surface area (Å²) in [6.07, 6.45) is 2.24. The van der Waals surface area contributed by atoms with Gasteiger partial charge >= 0.3 is 0 Å². The number of aromatic hydroxyl groups is 1. The van der Waals surface area contributed by atoms with Gasteiger partial charge in [-0.3, -0.25) is 0 Å². The van der Waals surface area contributed by atoms with Crippen LogP contribution < -0.4 is 24.0 Å². The van der Waals surface area contributed by atoms with Gasteiger partial charge in [-0.25, -0.2) is 0 Å². The topological polar surface area (TPSA) is 20.2 Å². The Morgan fingerprint density at radius 2 is 1.50 bits per heavy atom. The SMILES string of the molecule is CCC[N+](CC[C@H](c1ccccc1)c1cc(C)ccc1O)(C(C)C)C(C)C.[I-]. The molecule has 0 saturated carbocycles. The summed E-state index contributed by atoms with van der Waals surface area (Å²) in [5.41, 5.74) is 3.55. The zero-order chi connectivity index (χ0) is 20.0. The summed E-state index contributed by atoms with van der Waals surface area (Å²) in [4.78, 5) is 0. The Hall–Kier alpha value is -1.07. The molecular formula is C25H38INO. The summed E-state index contributed by atoms with van der Waals surface area (Å²) in [6, 6.07) is 17.8. The van der Waals surface area contributed by atoms with Gasteiger partial charge < -0.3 is 33.6 Å². The molecule has 0 saturated heterocycles. The largest absolute Gasteiger partial charge is 1.00 e. The summed E-state index contributed by atoms with van der Waals surface area (Å²) in [5, 5.41) is 10.6. The fourth-order valence-corrected chi connectivity index (χ4v) is 4.67. The lowest BCUT2D eigenvalue weighted by atomic mass is 9.86. The van der Waals surface area contributed by atoms with Crippen molar-refractivity contribution >= 4 is 0 Å². The van der Waals surface area contributed by atoms with Crippen LogP contribution in [0.4, 0.5) is 0 Å². The molecule has 0 bridgehead atoms. The van der Waals surface area contributed by atoms with Crippen molar-refractivity contribution in [2.75, 3.05) is 13.1 Å². The zero-order valence-electron chi connectivity index (χ0n) is 18.5. The van der Waals surface area contributed by atoms with Crippen LogP contribution in [0.1, 0.15) is 70.1 Å². The molecule has 0 amide bonds. The highest BCUT2D eigenvalue weighted by Gasteiger charge is 2.35. The van der Waals surface area contributed by atoms with E-state index in [1.165, 1.54) is 24.1 Å². The van der Waals surface area contributed by atoms with Crippen LogP contribution in [0.3, 0.4) is 0 Å². The van der Waals surface area contributed by atoms with E-state index in [0.29, 0.717) is 17.8 Å². The lowest BCUT2D eigenvalue weighted by molar-refractivity contribution is -0.967. The quantitative estimate of drug-likeness (QED) is 0.419. The molecule has 2 aromatic carbocycles. The van der Waals surface area contributed by atoms with E-state index in [4.69, 9.17) is 0 Å². The van der Waals surface area contributed by atoms with E-state index < -0.39 is 0 Å². The summed E-state index contributed by atoms with van der Waals surface area (Å²) in [6.45, 7) is 16.2. The van der Waals surface area contributed by atoms with E-state index in [-0.39, 0.29) is 29.9 Å². The molecule has 0 aliphatic heterocycles. The molecule has 3 heteroatoms. The first-order valence-electron chi connectivity index (χ1n) is 10.5. The fraction of sp³-hybridized carbons (Fsp3) is 0.520. The minimum atomic E-state index is 0. The van der Waals surface area contributed by atoms with Gasteiger partial charge in [-0.05, 0) is 52.7 Å². The molecule has 28 heavy (non-hydrogen) atoms. The van der Waals surface area contributed by atoms with Crippen LogP contribution >= 0.6 is 0 Å². The Morgan fingerprint density at radius 3 is 2.04 bits per heavy atom. The molecule has 0 aliphatic carbocycles. The maximum Gasteiger partial charge on any atom is 0.119 e. The summed E-state index contributed by atoms with van der Waals surface area (Å²) in [7, 11) is 0. The van der Waals surface area contributed by atoms with Crippen LogP contribution in [-0.2, 0) is 0 Å². The number of hydrogen-bond donors (Lipinski definition) is 1. The van der Waals surface area contributed by atoms with Crippen LogP contribution in [0, 0.1) is 6.92 Å². The first-order chi connectivity index (χ1) is 12.8. The van der Waals surface area contributed by atoms with Crippen molar-refractivity contribution < 1.29 is 33.6 Å². The van der Waals surface area contributed by atoms with Gasteiger partial charge in [-0.15, -0.1) is 0 Å². The molecule has 2 nitrogen and oxygen atoms in total. The molecule has 2 rings (SSSR count). The first-order valence-corrected chi connectivity index (χ1v) is 10.5. The van der Waals surface area contributed by atoms with E-state index >= 15 is 0 Å². The normalized spacial score (nSPS) is 12.9. The average Bonchev–Trinajstić information content (AvgIpc) is 2.64. The zero-order valence-corrected chi connectivity index (χ0v) is 20.6. The van der Waals surface area contributed by atoms with Gasteiger partial charge in [0.25, 0.3) is 0 Å².